The van der Waals surface area contributed by atoms with Crippen LogP contribution in [0.4, 0.5) is 0 Å². The maximum absolute atomic E-state index is 4.25. The van der Waals surface area contributed by atoms with Crippen LogP contribution in [0.15, 0.2) is 0 Å². The van der Waals surface area contributed by atoms with Crippen molar-refractivity contribution in [3.05, 3.63) is 11.6 Å². The van der Waals surface area contributed by atoms with E-state index in [-0.39, 0.29) is 0 Å². The fourth-order valence-electron chi connectivity index (χ4n) is 2.95. The Kier molecular flexibility index (Phi) is 4.93. The number of hydrogen-bond donors (Lipinski definition) is 1. The van der Waals surface area contributed by atoms with Crippen LogP contribution in [0, 0.1) is 6.92 Å². The van der Waals surface area contributed by atoms with Gasteiger partial charge in [0.1, 0.15) is 11.6 Å². The first-order valence-corrected chi connectivity index (χ1v) is 7.40. The maximum Gasteiger partial charge on any atom is 0.146 e. The normalized spacial score (nSPS) is 24.1. The van der Waals surface area contributed by atoms with Crippen LogP contribution in [-0.4, -0.2) is 45.3 Å². The van der Waals surface area contributed by atoms with Gasteiger partial charge in [0.25, 0.3) is 0 Å². The Bertz CT molecular complexity index is 393. The van der Waals surface area contributed by atoms with Crippen molar-refractivity contribution >= 4 is 0 Å². The van der Waals surface area contributed by atoms with Gasteiger partial charge >= 0.3 is 0 Å². The highest BCUT2D eigenvalue weighted by atomic mass is 15.3. The zero-order valence-corrected chi connectivity index (χ0v) is 12.7. The summed E-state index contributed by atoms with van der Waals surface area (Å²) in [5, 5.41) is 11.9. The lowest BCUT2D eigenvalue weighted by atomic mass is 9.90. The summed E-state index contributed by atoms with van der Waals surface area (Å²) in [5.41, 5.74) is 0. The number of nitrogens with zero attached hydrogens (tertiary/aromatic N) is 4. The zero-order chi connectivity index (χ0) is 13.8. The quantitative estimate of drug-likeness (QED) is 0.876. The molecule has 0 spiro atoms. The van der Waals surface area contributed by atoms with E-state index in [2.05, 4.69) is 39.0 Å². The molecule has 1 saturated carbocycles. The van der Waals surface area contributed by atoms with Crippen molar-refractivity contribution in [2.45, 2.75) is 58.2 Å². The Morgan fingerprint density at radius 2 is 1.95 bits per heavy atom. The van der Waals surface area contributed by atoms with E-state index >= 15 is 0 Å². The molecule has 0 saturated heterocycles. The molecular weight excluding hydrogens is 238 g/mol. The minimum atomic E-state index is 0.687. The molecule has 108 valence electrons. The Hall–Kier alpha value is -0.940. The Labute approximate surface area is 116 Å². The minimum Gasteiger partial charge on any atom is -0.317 e. The SMILES string of the molecule is CCNC1CCC(N(C)Cc2nnc(C)n2C)CC1. The topological polar surface area (TPSA) is 46.0 Å². The first-order valence-electron chi connectivity index (χ1n) is 7.40. The standard InChI is InChI=1S/C14H27N5/c1-5-15-12-6-8-13(9-7-12)18(3)10-14-17-16-11(2)19(14)4/h12-13,15H,5-10H2,1-4H3. The lowest BCUT2D eigenvalue weighted by molar-refractivity contribution is 0.164. The molecule has 0 aromatic carbocycles. The molecule has 1 heterocycles. The van der Waals surface area contributed by atoms with Gasteiger partial charge in [-0.2, -0.15) is 0 Å². The Balaban J connectivity index is 1.84. The summed E-state index contributed by atoms with van der Waals surface area (Å²) in [6.07, 6.45) is 5.15. The molecule has 1 aliphatic rings. The predicted octanol–water partition coefficient (Wildman–Crippen LogP) is 1.48. The molecule has 5 nitrogen and oxygen atoms in total. The highest BCUT2D eigenvalue weighted by Gasteiger charge is 2.24. The van der Waals surface area contributed by atoms with Gasteiger partial charge in [0.05, 0.1) is 6.54 Å². The fraction of sp³-hybridized carbons (Fsp3) is 0.857. The minimum absolute atomic E-state index is 0.687. The van der Waals surface area contributed by atoms with Gasteiger partial charge in [-0.25, -0.2) is 0 Å². The molecular formula is C14H27N5. The first kappa shape index (κ1) is 14.5. The zero-order valence-electron chi connectivity index (χ0n) is 12.7. The van der Waals surface area contributed by atoms with E-state index in [0.29, 0.717) is 6.04 Å². The summed E-state index contributed by atoms with van der Waals surface area (Å²) >= 11 is 0. The summed E-state index contributed by atoms with van der Waals surface area (Å²) in [6, 6.07) is 1.42. The Morgan fingerprint density at radius 3 is 2.47 bits per heavy atom. The number of rotatable bonds is 5. The smallest absolute Gasteiger partial charge is 0.146 e. The third-order valence-corrected chi connectivity index (χ3v) is 4.39. The van der Waals surface area contributed by atoms with Crippen LogP contribution in [0.5, 0.6) is 0 Å². The summed E-state index contributed by atoms with van der Waals surface area (Å²) < 4.78 is 2.08. The molecule has 19 heavy (non-hydrogen) atoms. The van der Waals surface area contributed by atoms with Crippen LogP contribution in [0.25, 0.3) is 0 Å². The second kappa shape index (κ2) is 6.48. The van der Waals surface area contributed by atoms with Crippen molar-refractivity contribution in [1.82, 2.24) is 25.0 Å². The molecule has 1 aromatic heterocycles. The number of hydrogen-bond acceptors (Lipinski definition) is 4. The van der Waals surface area contributed by atoms with Crippen molar-refractivity contribution in [3.63, 3.8) is 0 Å². The third kappa shape index (κ3) is 3.54. The van der Waals surface area contributed by atoms with Gasteiger partial charge in [-0.3, -0.25) is 4.90 Å². The van der Waals surface area contributed by atoms with E-state index in [0.717, 1.165) is 30.8 Å². The van der Waals surface area contributed by atoms with E-state index in [1.165, 1.54) is 25.7 Å². The van der Waals surface area contributed by atoms with Gasteiger partial charge in [0, 0.05) is 19.1 Å². The van der Waals surface area contributed by atoms with E-state index in [9.17, 15) is 0 Å². The highest BCUT2D eigenvalue weighted by Crippen LogP contribution is 2.23. The van der Waals surface area contributed by atoms with Gasteiger partial charge in [-0.05, 0) is 46.2 Å². The van der Waals surface area contributed by atoms with Crippen molar-refractivity contribution in [3.8, 4) is 0 Å². The van der Waals surface area contributed by atoms with Gasteiger partial charge in [0.15, 0.2) is 0 Å². The number of nitrogens with one attached hydrogen (secondary N) is 1. The summed E-state index contributed by atoms with van der Waals surface area (Å²) in [6.45, 7) is 6.17. The van der Waals surface area contributed by atoms with E-state index in [1.54, 1.807) is 0 Å². The van der Waals surface area contributed by atoms with E-state index in [4.69, 9.17) is 0 Å². The number of aromatic nitrogens is 3. The molecule has 1 fully saturated rings. The monoisotopic (exact) mass is 265 g/mol. The van der Waals surface area contributed by atoms with Crippen LogP contribution in [0.2, 0.25) is 0 Å². The van der Waals surface area contributed by atoms with Crippen molar-refractivity contribution in [2.24, 2.45) is 7.05 Å². The van der Waals surface area contributed by atoms with Crippen molar-refractivity contribution in [1.29, 1.82) is 0 Å². The molecule has 2 rings (SSSR count). The van der Waals surface area contributed by atoms with Gasteiger partial charge in [-0.1, -0.05) is 6.92 Å². The van der Waals surface area contributed by atoms with Crippen LogP contribution >= 0.6 is 0 Å². The molecule has 0 amide bonds. The molecule has 0 aliphatic heterocycles. The second-order valence-electron chi connectivity index (χ2n) is 5.70. The lowest BCUT2D eigenvalue weighted by Gasteiger charge is -2.34. The van der Waals surface area contributed by atoms with Crippen LogP contribution < -0.4 is 5.32 Å². The predicted molar refractivity (Wildman–Crippen MR) is 76.9 cm³/mol. The van der Waals surface area contributed by atoms with Crippen LogP contribution in [-0.2, 0) is 13.6 Å². The van der Waals surface area contributed by atoms with Gasteiger partial charge in [0.2, 0.25) is 0 Å². The first-order chi connectivity index (χ1) is 9.11. The molecule has 1 aliphatic carbocycles. The highest BCUT2D eigenvalue weighted by molar-refractivity contribution is 4.93. The molecule has 0 radical (unpaired) electrons. The fourth-order valence-corrected chi connectivity index (χ4v) is 2.95. The van der Waals surface area contributed by atoms with E-state index < -0.39 is 0 Å². The van der Waals surface area contributed by atoms with E-state index in [1.807, 2.05) is 14.0 Å². The van der Waals surface area contributed by atoms with Crippen molar-refractivity contribution in [2.75, 3.05) is 13.6 Å². The van der Waals surface area contributed by atoms with Crippen molar-refractivity contribution < 1.29 is 0 Å². The lowest BCUT2D eigenvalue weighted by Crippen LogP contribution is -2.40. The summed E-state index contributed by atoms with van der Waals surface area (Å²) in [7, 11) is 4.25. The third-order valence-electron chi connectivity index (χ3n) is 4.39. The molecule has 0 bridgehead atoms. The summed E-state index contributed by atoms with van der Waals surface area (Å²) in [4.78, 5) is 2.44. The molecule has 5 heteroatoms. The second-order valence-corrected chi connectivity index (χ2v) is 5.70. The molecule has 0 atom stereocenters. The molecule has 1 N–H and O–H groups in total. The average Bonchev–Trinajstić information content (AvgIpc) is 2.72. The largest absolute Gasteiger partial charge is 0.317 e. The Morgan fingerprint density at radius 1 is 1.26 bits per heavy atom. The van der Waals surface area contributed by atoms with Crippen LogP contribution in [0.3, 0.4) is 0 Å². The molecule has 1 aromatic rings. The van der Waals surface area contributed by atoms with Gasteiger partial charge in [-0.15, -0.1) is 10.2 Å². The summed E-state index contributed by atoms with van der Waals surface area (Å²) in [5.74, 6) is 2.05. The average molecular weight is 265 g/mol. The molecule has 0 unspecified atom stereocenters. The van der Waals surface area contributed by atoms with Gasteiger partial charge < -0.3 is 9.88 Å². The maximum atomic E-state index is 4.25. The number of aryl methyl sites for hydroxylation is 1. The van der Waals surface area contributed by atoms with Crippen LogP contribution in [0.1, 0.15) is 44.3 Å².